The summed E-state index contributed by atoms with van der Waals surface area (Å²) in [6.45, 7) is 7.17. The molecule has 1 amide bonds. The number of nitrogens with zero attached hydrogens (tertiary/aromatic N) is 2. The smallest absolute Gasteiger partial charge is 0.238 e. The van der Waals surface area contributed by atoms with E-state index in [1.165, 1.54) is 31.4 Å². The lowest BCUT2D eigenvalue weighted by molar-refractivity contribution is -0.117. The zero-order chi connectivity index (χ0) is 15.4. The summed E-state index contributed by atoms with van der Waals surface area (Å²) in [4.78, 5) is 16.8. The molecule has 2 fully saturated rings. The summed E-state index contributed by atoms with van der Waals surface area (Å²) in [5.74, 6) is 0.810. The van der Waals surface area contributed by atoms with Gasteiger partial charge in [-0.05, 0) is 62.4 Å². The van der Waals surface area contributed by atoms with Gasteiger partial charge in [0.2, 0.25) is 5.91 Å². The lowest BCUT2D eigenvalue weighted by Gasteiger charge is -2.30. The Hall–Kier alpha value is -1.55. The molecule has 1 atom stereocenters. The van der Waals surface area contributed by atoms with Crippen LogP contribution in [-0.4, -0.2) is 43.5 Å². The molecule has 1 aromatic rings. The van der Waals surface area contributed by atoms with Crippen molar-refractivity contribution in [2.75, 3.05) is 42.9 Å². The number of piperidine rings is 1. The molecule has 0 aromatic heterocycles. The normalized spacial score (nSPS) is 22.8. The summed E-state index contributed by atoms with van der Waals surface area (Å²) in [5.41, 5.74) is 2.17. The van der Waals surface area contributed by atoms with Gasteiger partial charge in [0.15, 0.2) is 0 Å². The van der Waals surface area contributed by atoms with Crippen LogP contribution in [0.4, 0.5) is 11.4 Å². The standard InChI is InChI=1S/C18H27N3O/c1-15-5-4-10-20(13-15)14-18(22)19-16-6-8-17(9-7-16)21-11-2-3-12-21/h6-9,15H,2-5,10-14H2,1H3,(H,19,22). The second-order valence-electron chi connectivity index (χ2n) is 6.77. The van der Waals surface area contributed by atoms with Crippen LogP contribution in [0.1, 0.15) is 32.6 Å². The number of likely N-dealkylation sites (tertiary alicyclic amines) is 1. The third-order valence-corrected chi connectivity index (χ3v) is 4.73. The lowest BCUT2D eigenvalue weighted by Crippen LogP contribution is -2.39. The minimum Gasteiger partial charge on any atom is -0.372 e. The van der Waals surface area contributed by atoms with Gasteiger partial charge in [-0.2, -0.15) is 0 Å². The molecule has 2 aliphatic heterocycles. The fraction of sp³-hybridized carbons (Fsp3) is 0.611. The molecule has 0 saturated carbocycles. The maximum absolute atomic E-state index is 12.2. The van der Waals surface area contributed by atoms with Gasteiger partial charge < -0.3 is 10.2 Å². The van der Waals surface area contributed by atoms with E-state index in [2.05, 4.69) is 34.2 Å². The van der Waals surface area contributed by atoms with Crippen molar-refractivity contribution in [2.24, 2.45) is 5.92 Å². The maximum Gasteiger partial charge on any atom is 0.238 e. The molecule has 2 aliphatic rings. The van der Waals surface area contributed by atoms with E-state index in [9.17, 15) is 4.79 Å². The van der Waals surface area contributed by atoms with Crippen molar-refractivity contribution in [1.29, 1.82) is 0 Å². The Morgan fingerprint density at radius 1 is 1.14 bits per heavy atom. The SMILES string of the molecule is CC1CCCN(CC(=O)Nc2ccc(N3CCCC3)cc2)C1. The third kappa shape index (κ3) is 4.01. The van der Waals surface area contributed by atoms with Crippen LogP contribution in [-0.2, 0) is 4.79 Å². The third-order valence-electron chi connectivity index (χ3n) is 4.73. The predicted molar refractivity (Wildman–Crippen MR) is 91.4 cm³/mol. The molecular weight excluding hydrogens is 274 g/mol. The number of hydrogen-bond acceptors (Lipinski definition) is 3. The van der Waals surface area contributed by atoms with Gasteiger partial charge in [0.25, 0.3) is 0 Å². The van der Waals surface area contributed by atoms with Crippen LogP contribution in [0.25, 0.3) is 0 Å². The van der Waals surface area contributed by atoms with Crippen molar-refractivity contribution in [2.45, 2.75) is 32.6 Å². The van der Waals surface area contributed by atoms with Crippen molar-refractivity contribution in [3.63, 3.8) is 0 Å². The molecule has 2 saturated heterocycles. The summed E-state index contributed by atoms with van der Waals surface area (Å²) >= 11 is 0. The number of hydrogen-bond donors (Lipinski definition) is 1. The summed E-state index contributed by atoms with van der Waals surface area (Å²) < 4.78 is 0. The Morgan fingerprint density at radius 3 is 2.55 bits per heavy atom. The zero-order valence-corrected chi connectivity index (χ0v) is 13.6. The first kappa shape index (κ1) is 15.3. The van der Waals surface area contributed by atoms with Gasteiger partial charge in [0, 0.05) is 31.0 Å². The number of nitrogens with one attached hydrogen (secondary N) is 1. The van der Waals surface area contributed by atoms with Gasteiger partial charge in [-0.1, -0.05) is 6.92 Å². The van der Waals surface area contributed by atoms with Crippen molar-refractivity contribution >= 4 is 17.3 Å². The summed E-state index contributed by atoms with van der Waals surface area (Å²) in [6, 6.07) is 8.27. The first-order valence-electron chi connectivity index (χ1n) is 8.58. The number of rotatable bonds is 4. The van der Waals surface area contributed by atoms with Crippen molar-refractivity contribution in [3.05, 3.63) is 24.3 Å². The minimum atomic E-state index is 0.100. The van der Waals surface area contributed by atoms with E-state index >= 15 is 0 Å². The second kappa shape index (κ2) is 7.14. The Kier molecular flexibility index (Phi) is 4.98. The topological polar surface area (TPSA) is 35.6 Å². The zero-order valence-electron chi connectivity index (χ0n) is 13.6. The molecule has 4 nitrogen and oxygen atoms in total. The fourth-order valence-electron chi connectivity index (χ4n) is 3.56. The number of anilines is 2. The van der Waals surface area contributed by atoms with Gasteiger partial charge >= 0.3 is 0 Å². The Balaban J connectivity index is 1.50. The first-order valence-corrected chi connectivity index (χ1v) is 8.58. The molecule has 120 valence electrons. The molecule has 3 rings (SSSR count). The molecule has 4 heteroatoms. The highest BCUT2D eigenvalue weighted by Crippen LogP contribution is 2.22. The molecular formula is C18H27N3O. The molecule has 22 heavy (non-hydrogen) atoms. The van der Waals surface area contributed by atoms with E-state index in [1.54, 1.807) is 0 Å². The van der Waals surface area contributed by atoms with Gasteiger partial charge in [0.05, 0.1) is 6.54 Å². The van der Waals surface area contributed by atoms with Gasteiger partial charge in [0.1, 0.15) is 0 Å². The molecule has 0 bridgehead atoms. The molecule has 0 radical (unpaired) electrons. The van der Waals surface area contributed by atoms with Crippen LogP contribution in [0.3, 0.4) is 0 Å². The van der Waals surface area contributed by atoms with Crippen molar-refractivity contribution in [1.82, 2.24) is 4.90 Å². The van der Waals surface area contributed by atoms with E-state index < -0.39 is 0 Å². The van der Waals surface area contributed by atoms with Crippen LogP contribution in [0.5, 0.6) is 0 Å². The van der Waals surface area contributed by atoms with Gasteiger partial charge in [-0.3, -0.25) is 9.69 Å². The summed E-state index contributed by atoms with van der Waals surface area (Å²) in [7, 11) is 0. The molecule has 1 aromatic carbocycles. The highest BCUT2D eigenvalue weighted by molar-refractivity contribution is 5.92. The van der Waals surface area contributed by atoms with E-state index in [1.807, 2.05) is 12.1 Å². The number of carbonyl (C=O) groups excluding carboxylic acids is 1. The predicted octanol–water partition coefficient (Wildman–Crippen LogP) is 2.96. The lowest BCUT2D eigenvalue weighted by atomic mass is 10.0. The van der Waals surface area contributed by atoms with Crippen LogP contribution < -0.4 is 10.2 Å². The van der Waals surface area contributed by atoms with Crippen LogP contribution in [0.2, 0.25) is 0 Å². The molecule has 1 N–H and O–H groups in total. The highest BCUT2D eigenvalue weighted by Gasteiger charge is 2.18. The average Bonchev–Trinajstić information content (AvgIpc) is 3.02. The van der Waals surface area contributed by atoms with Gasteiger partial charge in [-0.25, -0.2) is 0 Å². The average molecular weight is 301 g/mol. The van der Waals surface area contributed by atoms with Crippen LogP contribution >= 0.6 is 0 Å². The highest BCUT2D eigenvalue weighted by atomic mass is 16.2. The van der Waals surface area contributed by atoms with Crippen molar-refractivity contribution in [3.8, 4) is 0 Å². The van der Waals surface area contributed by atoms with Crippen LogP contribution in [0, 0.1) is 5.92 Å². The second-order valence-corrected chi connectivity index (χ2v) is 6.77. The number of benzene rings is 1. The van der Waals surface area contributed by atoms with Crippen LogP contribution in [0.15, 0.2) is 24.3 Å². The fourth-order valence-corrected chi connectivity index (χ4v) is 3.56. The van der Waals surface area contributed by atoms with Gasteiger partial charge in [-0.15, -0.1) is 0 Å². The molecule has 1 unspecified atom stereocenters. The van der Waals surface area contributed by atoms with E-state index in [-0.39, 0.29) is 5.91 Å². The number of amides is 1. The Labute approximate surface area is 133 Å². The summed E-state index contributed by atoms with van der Waals surface area (Å²) in [5, 5.41) is 3.02. The minimum absolute atomic E-state index is 0.100. The van der Waals surface area contributed by atoms with Crippen molar-refractivity contribution < 1.29 is 4.79 Å². The molecule has 0 aliphatic carbocycles. The first-order chi connectivity index (χ1) is 10.7. The maximum atomic E-state index is 12.2. The summed E-state index contributed by atoms with van der Waals surface area (Å²) in [6.07, 6.45) is 5.06. The van der Waals surface area contributed by atoms with E-state index in [0.717, 1.165) is 31.9 Å². The largest absolute Gasteiger partial charge is 0.372 e. The Bertz CT molecular complexity index is 494. The number of carbonyl (C=O) groups is 1. The quantitative estimate of drug-likeness (QED) is 0.929. The van der Waals surface area contributed by atoms with E-state index in [4.69, 9.17) is 0 Å². The monoisotopic (exact) mass is 301 g/mol. The van der Waals surface area contributed by atoms with E-state index in [0.29, 0.717) is 12.5 Å². The Morgan fingerprint density at radius 2 is 1.86 bits per heavy atom. The molecule has 2 heterocycles. The molecule has 0 spiro atoms.